The molecule has 46 heavy (non-hydrogen) atoms. The van der Waals surface area contributed by atoms with Crippen molar-refractivity contribution < 1.29 is 23.1 Å². The molecule has 0 spiro atoms. The third-order valence-electron chi connectivity index (χ3n) is 8.45. The molecule has 0 saturated carbocycles. The van der Waals surface area contributed by atoms with Crippen molar-refractivity contribution >= 4 is 32.6 Å². The number of aliphatic hydroxyl groups is 1. The Labute approximate surface area is 274 Å². The third-order valence-corrected chi connectivity index (χ3v) is 10.4. The van der Waals surface area contributed by atoms with Gasteiger partial charge in [-0.2, -0.15) is 4.31 Å². The van der Waals surface area contributed by atoms with Crippen LogP contribution in [-0.4, -0.2) is 79.5 Å². The molecule has 250 valence electrons. The molecule has 1 aliphatic rings. The van der Waals surface area contributed by atoms with Crippen molar-refractivity contribution in [3.05, 3.63) is 78.4 Å². The third kappa shape index (κ3) is 9.84. The van der Waals surface area contributed by atoms with Crippen LogP contribution in [0.3, 0.4) is 0 Å². The molecule has 1 atom stereocenters. The van der Waals surface area contributed by atoms with Crippen molar-refractivity contribution in [1.29, 1.82) is 0 Å². The number of nitrogens with zero attached hydrogens (tertiary/aromatic N) is 2. The monoisotopic (exact) mass is 650 g/mol. The van der Waals surface area contributed by atoms with Gasteiger partial charge in [-0.3, -0.25) is 14.5 Å². The highest BCUT2D eigenvalue weighted by atomic mass is 32.2. The number of fused-ring (bicyclic) bond motifs is 1. The highest BCUT2D eigenvalue weighted by molar-refractivity contribution is 7.89. The Morgan fingerprint density at radius 1 is 0.913 bits per heavy atom. The van der Waals surface area contributed by atoms with Crippen LogP contribution >= 0.6 is 0 Å². The summed E-state index contributed by atoms with van der Waals surface area (Å²) in [5.41, 5.74) is -1.53. The normalized spacial score (nSPS) is 15.7. The minimum Gasteiger partial charge on any atom is -0.374 e. The Hall–Kier alpha value is -3.31. The minimum atomic E-state index is -4.14. The van der Waals surface area contributed by atoms with E-state index in [0.29, 0.717) is 13.1 Å². The SMILES string of the molecule is CC(C)CN(C(O)(CCNC(=O)CC(C)(C)CNC(=O)CN1CCCC1)Cc1ccccc1)S(=O)(=O)c1ccc2ccccc2c1. The van der Waals surface area contributed by atoms with Crippen LogP contribution < -0.4 is 10.6 Å². The molecule has 0 radical (unpaired) electrons. The van der Waals surface area contributed by atoms with E-state index in [9.17, 15) is 23.1 Å². The summed E-state index contributed by atoms with van der Waals surface area (Å²) >= 11 is 0. The lowest BCUT2D eigenvalue weighted by atomic mass is 9.88. The van der Waals surface area contributed by atoms with Crippen LogP contribution in [0.25, 0.3) is 10.8 Å². The quantitative estimate of drug-likeness (QED) is 0.196. The van der Waals surface area contributed by atoms with Gasteiger partial charge in [0.2, 0.25) is 21.8 Å². The van der Waals surface area contributed by atoms with Crippen LogP contribution in [0.5, 0.6) is 0 Å². The van der Waals surface area contributed by atoms with E-state index in [4.69, 9.17) is 0 Å². The van der Waals surface area contributed by atoms with E-state index in [2.05, 4.69) is 15.5 Å². The Balaban J connectivity index is 1.48. The van der Waals surface area contributed by atoms with Gasteiger partial charge in [0, 0.05) is 38.9 Å². The summed E-state index contributed by atoms with van der Waals surface area (Å²) in [5.74, 6) is -0.346. The summed E-state index contributed by atoms with van der Waals surface area (Å²) in [4.78, 5) is 27.7. The average Bonchev–Trinajstić information content (AvgIpc) is 3.52. The number of benzene rings is 3. The first kappa shape index (κ1) is 35.5. The zero-order valence-electron chi connectivity index (χ0n) is 27.7. The van der Waals surface area contributed by atoms with Crippen LogP contribution in [-0.2, 0) is 26.0 Å². The predicted octanol–water partition coefficient (Wildman–Crippen LogP) is 4.55. The molecule has 1 aliphatic heterocycles. The maximum atomic E-state index is 14.3. The Morgan fingerprint density at radius 2 is 1.57 bits per heavy atom. The number of sulfonamides is 1. The zero-order chi connectivity index (χ0) is 33.4. The van der Waals surface area contributed by atoms with Crippen LogP contribution in [0.2, 0.25) is 0 Å². The Morgan fingerprint density at radius 3 is 2.24 bits per heavy atom. The topological polar surface area (TPSA) is 119 Å². The largest absolute Gasteiger partial charge is 0.374 e. The molecule has 10 heteroatoms. The number of hydrogen-bond acceptors (Lipinski definition) is 6. The van der Waals surface area contributed by atoms with Gasteiger partial charge >= 0.3 is 0 Å². The van der Waals surface area contributed by atoms with E-state index in [-0.39, 0.29) is 55.0 Å². The van der Waals surface area contributed by atoms with Gasteiger partial charge in [-0.25, -0.2) is 8.42 Å². The molecule has 9 nitrogen and oxygen atoms in total. The van der Waals surface area contributed by atoms with Crippen LogP contribution in [0.15, 0.2) is 77.7 Å². The maximum absolute atomic E-state index is 14.3. The molecule has 3 aromatic rings. The van der Waals surface area contributed by atoms with Crippen LogP contribution in [0.4, 0.5) is 0 Å². The van der Waals surface area contributed by atoms with Gasteiger partial charge in [0.15, 0.2) is 0 Å². The van der Waals surface area contributed by atoms with Crippen molar-refractivity contribution in [2.75, 3.05) is 39.3 Å². The predicted molar refractivity (Wildman–Crippen MR) is 182 cm³/mol. The van der Waals surface area contributed by atoms with Gasteiger partial charge in [0.1, 0.15) is 5.72 Å². The van der Waals surface area contributed by atoms with Gasteiger partial charge in [0.05, 0.1) is 11.4 Å². The van der Waals surface area contributed by atoms with Crippen LogP contribution in [0, 0.1) is 11.3 Å². The molecule has 2 amide bonds. The van der Waals surface area contributed by atoms with Gasteiger partial charge < -0.3 is 15.7 Å². The molecule has 0 aromatic heterocycles. The molecule has 1 saturated heterocycles. The van der Waals surface area contributed by atoms with E-state index in [0.717, 1.165) is 42.3 Å². The van der Waals surface area contributed by atoms with Gasteiger partial charge in [-0.15, -0.1) is 0 Å². The lowest BCUT2D eigenvalue weighted by Crippen LogP contribution is -2.55. The summed E-state index contributed by atoms with van der Waals surface area (Å²) in [5, 5.41) is 19.9. The van der Waals surface area contributed by atoms with Gasteiger partial charge in [0.25, 0.3) is 0 Å². The second-order valence-corrected chi connectivity index (χ2v) is 15.6. The molecule has 0 bridgehead atoms. The molecular weight excluding hydrogens is 600 g/mol. The molecule has 3 N–H and O–H groups in total. The number of likely N-dealkylation sites (tertiary alicyclic amines) is 1. The fraction of sp³-hybridized carbons (Fsp3) is 0.500. The lowest BCUT2D eigenvalue weighted by Gasteiger charge is -2.40. The molecule has 4 rings (SSSR count). The van der Waals surface area contributed by atoms with Crippen molar-refractivity contribution in [3.8, 4) is 0 Å². The van der Waals surface area contributed by atoms with E-state index in [1.165, 1.54) is 4.31 Å². The molecule has 3 aromatic carbocycles. The Bertz CT molecular complexity index is 1570. The number of carbonyl (C=O) groups excluding carboxylic acids is 2. The second kappa shape index (κ2) is 15.5. The second-order valence-electron chi connectivity index (χ2n) is 13.8. The van der Waals surface area contributed by atoms with Gasteiger partial charge in [-0.05, 0) is 65.7 Å². The zero-order valence-corrected chi connectivity index (χ0v) is 28.5. The summed E-state index contributed by atoms with van der Waals surface area (Å²) in [6, 6.07) is 21.9. The average molecular weight is 651 g/mol. The number of amides is 2. The Kier molecular flexibility index (Phi) is 12.0. The van der Waals surface area contributed by atoms with Crippen molar-refractivity contribution in [1.82, 2.24) is 19.8 Å². The molecule has 1 unspecified atom stereocenters. The van der Waals surface area contributed by atoms with Gasteiger partial charge in [-0.1, -0.05) is 88.4 Å². The molecular formula is C36H50N4O5S. The van der Waals surface area contributed by atoms with E-state index >= 15 is 0 Å². The molecule has 0 aliphatic carbocycles. The standard InChI is InChI=1S/C36H50N4O5S/c1-28(2)25-40(46(44,45)32-17-16-30-14-8-9-15-31(30)22-32)36(43,23-29-12-6-5-7-13-29)18-19-37-33(41)24-35(3,4)27-38-34(42)26-39-20-10-11-21-39/h5-9,12-17,22,28,43H,10-11,18-21,23-27H2,1-4H3,(H,37,41)(H,38,42). The molecule has 1 heterocycles. The number of carbonyl (C=O) groups is 2. The van der Waals surface area contributed by atoms with Crippen molar-refractivity contribution in [2.45, 2.75) is 70.4 Å². The minimum absolute atomic E-state index is 0.0137. The highest BCUT2D eigenvalue weighted by Crippen LogP contribution is 2.32. The van der Waals surface area contributed by atoms with Crippen molar-refractivity contribution in [2.24, 2.45) is 11.3 Å². The maximum Gasteiger partial charge on any atom is 0.245 e. The number of nitrogens with one attached hydrogen (secondary N) is 2. The fourth-order valence-electron chi connectivity index (χ4n) is 6.00. The van der Waals surface area contributed by atoms with E-state index in [1.54, 1.807) is 18.2 Å². The fourth-order valence-corrected chi connectivity index (χ4v) is 7.87. The van der Waals surface area contributed by atoms with E-state index < -0.39 is 21.2 Å². The summed E-state index contributed by atoms with van der Waals surface area (Å²) in [7, 11) is -4.14. The summed E-state index contributed by atoms with van der Waals surface area (Å²) in [6.07, 6.45) is 2.44. The highest BCUT2D eigenvalue weighted by Gasteiger charge is 2.43. The smallest absolute Gasteiger partial charge is 0.245 e. The first-order chi connectivity index (χ1) is 21.8. The van der Waals surface area contributed by atoms with E-state index in [1.807, 2.05) is 82.3 Å². The van der Waals surface area contributed by atoms with Crippen molar-refractivity contribution in [3.63, 3.8) is 0 Å². The first-order valence-electron chi connectivity index (χ1n) is 16.3. The summed E-state index contributed by atoms with van der Waals surface area (Å²) < 4.78 is 29.8. The molecule has 1 fully saturated rings. The summed E-state index contributed by atoms with van der Waals surface area (Å²) in [6.45, 7) is 10.5. The lowest BCUT2D eigenvalue weighted by molar-refractivity contribution is -0.125. The number of hydrogen-bond donors (Lipinski definition) is 3. The van der Waals surface area contributed by atoms with Crippen LogP contribution in [0.1, 0.15) is 58.9 Å². The first-order valence-corrected chi connectivity index (χ1v) is 17.8. The number of rotatable bonds is 16.